The molecule has 0 unspecified atom stereocenters. The van der Waals surface area contributed by atoms with Crippen LogP contribution in [0.15, 0.2) is 54.7 Å². The monoisotopic (exact) mass is 357 g/mol. The lowest BCUT2D eigenvalue weighted by molar-refractivity contribution is 0.0941. The molecular weight excluding hydrogens is 340 g/mol. The summed E-state index contributed by atoms with van der Waals surface area (Å²) in [6.45, 7) is 2.40. The molecule has 1 amide bonds. The van der Waals surface area contributed by atoms with Gasteiger partial charge in [-0.1, -0.05) is 12.1 Å². The van der Waals surface area contributed by atoms with Crippen molar-refractivity contribution in [1.82, 2.24) is 15.1 Å². The summed E-state index contributed by atoms with van der Waals surface area (Å²) < 4.78 is 33.0. The number of amides is 1. The summed E-state index contributed by atoms with van der Waals surface area (Å²) in [5, 5.41) is 6.98. The molecule has 0 saturated heterocycles. The Hall–Kier alpha value is -3.22. The van der Waals surface area contributed by atoms with Gasteiger partial charge in [-0.3, -0.25) is 4.79 Å². The molecule has 1 aromatic heterocycles. The van der Waals surface area contributed by atoms with Crippen LogP contribution < -0.4 is 10.1 Å². The normalized spacial score (nSPS) is 10.6. The topological polar surface area (TPSA) is 56.2 Å². The van der Waals surface area contributed by atoms with E-state index in [9.17, 15) is 13.6 Å². The molecule has 0 fully saturated rings. The Balaban J connectivity index is 1.79. The van der Waals surface area contributed by atoms with Gasteiger partial charge in [0.25, 0.3) is 5.91 Å². The number of aromatic nitrogens is 2. The summed E-state index contributed by atoms with van der Waals surface area (Å²) in [5.74, 6) is -0.785. The van der Waals surface area contributed by atoms with Crippen molar-refractivity contribution in [3.63, 3.8) is 0 Å². The van der Waals surface area contributed by atoms with E-state index in [2.05, 4.69) is 10.4 Å². The third kappa shape index (κ3) is 4.05. The van der Waals surface area contributed by atoms with Gasteiger partial charge in [-0.15, -0.1) is 0 Å². The van der Waals surface area contributed by atoms with Crippen molar-refractivity contribution in [2.24, 2.45) is 0 Å². The number of benzene rings is 2. The molecule has 0 radical (unpaired) electrons. The first-order valence-electron chi connectivity index (χ1n) is 8.08. The van der Waals surface area contributed by atoms with E-state index < -0.39 is 5.91 Å². The van der Waals surface area contributed by atoms with Gasteiger partial charge >= 0.3 is 0 Å². The van der Waals surface area contributed by atoms with Crippen LogP contribution in [-0.2, 0) is 6.54 Å². The maximum atomic E-state index is 13.1. The number of nitrogens with one attached hydrogen (secondary N) is 1. The zero-order valence-corrected chi connectivity index (χ0v) is 14.1. The van der Waals surface area contributed by atoms with E-state index in [1.54, 1.807) is 37.4 Å². The Morgan fingerprint density at radius 3 is 2.31 bits per heavy atom. The Labute approximate surface area is 149 Å². The predicted molar refractivity (Wildman–Crippen MR) is 92.3 cm³/mol. The number of hydrogen-bond donors (Lipinski definition) is 1. The highest BCUT2D eigenvalue weighted by molar-refractivity contribution is 5.94. The van der Waals surface area contributed by atoms with E-state index in [1.807, 2.05) is 0 Å². The van der Waals surface area contributed by atoms with Gasteiger partial charge in [0.15, 0.2) is 11.4 Å². The fourth-order valence-corrected chi connectivity index (χ4v) is 2.37. The molecule has 0 aliphatic rings. The van der Waals surface area contributed by atoms with Crippen LogP contribution in [0.2, 0.25) is 0 Å². The van der Waals surface area contributed by atoms with Gasteiger partial charge in [0.05, 0.1) is 18.5 Å². The second-order valence-corrected chi connectivity index (χ2v) is 5.51. The maximum Gasteiger partial charge on any atom is 0.275 e. The van der Waals surface area contributed by atoms with Crippen LogP contribution >= 0.6 is 0 Å². The molecule has 0 aliphatic carbocycles. The summed E-state index contributed by atoms with van der Waals surface area (Å²) in [6, 6.07) is 11.6. The maximum absolute atomic E-state index is 13.1. The third-order valence-corrected chi connectivity index (χ3v) is 3.65. The highest BCUT2D eigenvalue weighted by Crippen LogP contribution is 2.20. The van der Waals surface area contributed by atoms with E-state index >= 15 is 0 Å². The molecule has 1 heterocycles. The van der Waals surface area contributed by atoms with Gasteiger partial charge in [-0.05, 0) is 48.9 Å². The number of carbonyl (C=O) groups excluding carboxylic acids is 1. The van der Waals surface area contributed by atoms with Crippen LogP contribution in [0.4, 0.5) is 8.78 Å². The minimum Gasteiger partial charge on any atom is -0.490 e. The number of hydrogen-bond acceptors (Lipinski definition) is 3. The van der Waals surface area contributed by atoms with Crippen LogP contribution in [0.1, 0.15) is 23.0 Å². The molecule has 0 bridgehead atoms. The lowest BCUT2D eigenvalue weighted by Crippen LogP contribution is -2.24. The average Bonchev–Trinajstić information content (AvgIpc) is 3.06. The zero-order chi connectivity index (χ0) is 18.5. The SMILES string of the molecule is CCOc1cn(-c2ccc(F)cc2)nc1C(=O)NCc1ccc(F)cc1. The standard InChI is InChI=1S/C19H17F2N3O2/c1-2-26-17-12-24(16-9-7-15(21)8-10-16)23-18(17)19(25)22-11-13-3-5-14(20)6-4-13/h3-10,12H,2,11H2,1H3,(H,22,25). The molecule has 7 heteroatoms. The van der Waals surface area contributed by atoms with Gasteiger partial charge in [0, 0.05) is 6.54 Å². The van der Waals surface area contributed by atoms with E-state index in [0.29, 0.717) is 18.0 Å². The highest BCUT2D eigenvalue weighted by atomic mass is 19.1. The minimum atomic E-state index is -0.418. The first-order chi connectivity index (χ1) is 12.6. The van der Waals surface area contributed by atoms with Crippen molar-refractivity contribution in [2.45, 2.75) is 13.5 Å². The average molecular weight is 357 g/mol. The van der Waals surface area contributed by atoms with Crippen molar-refractivity contribution in [3.05, 3.63) is 77.6 Å². The molecule has 0 spiro atoms. The largest absolute Gasteiger partial charge is 0.490 e. The number of rotatable bonds is 6. The van der Waals surface area contributed by atoms with Crippen molar-refractivity contribution in [1.29, 1.82) is 0 Å². The smallest absolute Gasteiger partial charge is 0.275 e. The third-order valence-electron chi connectivity index (χ3n) is 3.65. The summed E-state index contributed by atoms with van der Waals surface area (Å²) >= 11 is 0. The molecule has 3 rings (SSSR count). The summed E-state index contributed by atoms with van der Waals surface area (Å²) in [5.41, 5.74) is 1.49. The first-order valence-corrected chi connectivity index (χ1v) is 8.08. The zero-order valence-electron chi connectivity index (χ0n) is 14.1. The van der Waals surface area contributed by atoms with E-state index in [-0.39, 0.29) is 23.9 Å². The predicted octanol–water partition coefficient (Wildman–Crippen LogP) is 3.48. The van der Waals surface area contributed by atoms with Gasteiger partial charge < -0.3 is 10.1 Å². The second kappa shape index (κ2) is 7.77. The lowest BCUT2D eigenvalue weighted by atomic mass is 10.2. The number of nitrogens with zero attached hydrogens (tertiary/aromatic N) is 2. The van der Waals surface area contributed by atoms with Crippen LogP contribution in [0, 0.1) is 11.6 Å². The lowest BCUT2D eigenvalue weighted by Gasteiger charge is -2.05. The molecule has 1 N–H and O–H groups in total. The molecule has 26 heavy (non-hydrogen) atoms. The van der Waals surface area contributed by atoms with Crippen LogP contribution in [-0.4, -0.2) is 22.3 Å². The molecule has 134 valence electrons. The van der Waals surface area contributed by atoms with E-state index in [1.165, 1.54) is 28.9 Å². The molecule has 0 aliphatic heterocycles. The molecule has 0 atom stereocenters. The van der Waals surface area contributed by atoms with Gasteiger partial charge in [-0.25, -0.2) is 13.5 Å². The highest BCUT2D eigenvalue weighted by Gasteiger charge is 2.18. The molecular formula is C19H17F2N3O2. The number of ether oxygens (including phenoxy) is 1. The Bertz CT molecular complexity index is 890. The van der Waals surface area contributed by atoms with Crippen molar-refractivity contribution in [2.75, 3.05) is 6.61 Å². The Kier molecular flexibility index (Phi) is 5.26. The second-order valence-electron chi connectivity index (χ2n) is 5.51. The van der Waals surface area contributed by atoms with Crippen LogP contribution in [0.25, 0.3) is 5.69 Å². The Morgan fingerprint density at radius 1 is 1.08 bits per heavy atom. The quantitative estimate of drug-likeness (QED) is 0.735. The molecule has 3 aromatic rings. The van der Waals surface area contributed by atoms with E-state index in [0.717, 1.165) is 5.56 Å². The van der Waals surface area contributed by atoms with Crippen LogP contribution in [0.3, 0.4) is 0 Å². The molecule has 0 saturated carbocycles. The van der Waals surface area contributed by atoms with Crippen molar-refractivity contribution in [3.8, 4) is 11.4 Å². The first kappa shape index (κ1) is 17.6. The van der Waals surface area contributed by atoms with Crippen LogP contribution in [0.5, 0.6) is 5.75 Å². The minimum absolute atomic E-state index is 0.123. The Morgan fingerprint density at radius 2 is 1.69 bits per heavy atom. The molecule has 2 aromatic carbocycles. The van der Waals surface area contributed by atoms with Gasteiger partial charge in [0.1, 0.15) is 11.6 Å². The van der Waals surface area contributed by atoms with Crippen molar-refractivity contribution < 1.29 is 18.3 Å². The van der Waals surface area contributed by atoms with Gasteiger partial charge in [-0.2, -0.15) is 5.10 Å². The molecule has 5 nitrogen and oxygen atoms in total. The fourth-order valence-electron chi connectivity index (χ4n) is 2.37. The van der Waals surface area contributed by atoms with E-state index in [4.69, 9.17) is 4.74 Å². The van der Waals surface area contributed by atoms with Gasteiger partial charge in [0.2, 0.25) is 0 Å². The summed E-state index contributed by atoms with van der Waals surface area (Å²) in [4.78, 5) is 12.5. The fraction of sp³-hybridized carbons (Fsp3) is 0.158. The summed E-state index contributed by atoms with van der Waals surface area (Å²) in [7, 11) is 0. The number of halogens is 2. The number of carbonyl (C=O) groups is 1. The van der Waals surface area contributed by atoms with Crippen molar-refractivity contribution >= 4 is 5.91 Å². The summed E-state index contributed by atoms with van der Waals surface area (Å²) in [6.07, 6.45) is 1.57.